The third kappa shape index (κ3) is 6.09. The smallest absolute Gasteiger partial charge is 0.341 e. The van der Waals surface area contributed by atoms with E-state index in [0.29, 0.717) is 26.7 Å². The van der Waals surface area contributed by atoms with Crippen LogP contribution in [-0.4, -0.2) is 28.4 Å². The van der Waals surface area contributed by atoms with Crippen LogP contribution in [0.15, 0.2) is 60.0 Å². The van der Waals surface area contributed by atoms with Gasteiger partial charge in [-0.1, -0.05) is 76.7 Å². The Kier molecular flexibility index (Phi) is 8.31. The Hall–Kier alpha value is -1.96. The lowest BCUT2D eigenvalue weighted by Crippen LogP contribution is -2.49. The van der Waals surface area contributed by atoms with Gasteiger partial charge in [0, 0.05) is 21.5 Å². The second kappa shape index (κ2) is 10.8. The Balaban J connectivity index is 1.94. The van der Waals surface area contributed by atoms with E-state index in [2.05, 4.69) is 10.6 Å². The fourth-order valence-electron chi connectivity index (χ4n) is 2.85. The summed E-state index contributed by atoms with van der Waals surface area (Å²) in [6, 6.07) is 15.6. The van der Waals surface area contributed by atoms with Crippen molar-refractivity contribution < 1.29 is 14.3 Å². The fourth-order valence-corrected chi connectivity index (χ4v) is 4.29. The first-order valence-corrected chi connectivity index (χ1v) is 11.8. The summed E-state index contributed by atoms with van der Waals surface area (Å²) in [7, 11) is 0. The first kappa shape index (κ1) is 24.7. The highest BCUT2D eigenvalue weighted by molar-refractivity contribution is 7.15. The van der Waals surface area contributed by atoms with E-state index in [1.165, 1.54) is 11.3 Å². The number of hydrogen-bond acceptors (Lipinski definition) is 5. The van der Waals surface area contributed by atoms with E-state index < -0.39 is 21.8 Å². The molecule has 1 aromatic heterocycles. The molecule has 0 saturated carbocycles. The number of anilines is 1. The Labute approximate surface area is 209 Å². The van der Waals surface area contributed by atoms with Crippen LogP contribution in [0.5, 0.6) is 0 Å². The Bertz CT molecular complexity index is 1080. The number of rotatable bonds is 7. The maximum Gasteiger partial charge on any atom is 0.341 e. The van der Waals surface area contributed by atoms with E-state index in [9.17, 15) is 9.59 Å². The van der Waals surface area contributed by atoms with Crippen LogP contribution in [0.3, 0.4) is 0 Å². The van der Waals surface area contributed by atoms with Crippen molar-refractivity contribution in [3.05, 3.63) is 76.1 Å². The van der Waals surface area contributed by atoms with E-state index in [-0.39, 0.29) is 6.61 Å². The van der Waals surface area contributed by atoms with Crippen molar-refractivity contribution in [1.82, 2.24) is 5.32 Å². The number of halogens is 4. The summed E-state index contributed by atoms with van der Waals surface area (Å²) in [6.45, 7) is 1.92. The van der Waals surface area contributed by atoms with Crippen LogP contribution in [0.2, 0.25) is 5.02 Å². The fraction of sp³-hybridized carbons (Fsp3) is 0.182. The van der Waals surface area contributed by atoms with Gasteiger partial charge >= 0.3 is 5.97 Å². The van der Waals surface area contributed by atoms with E-state index >= 15 is 0 Å². The molecule has 10 heteroatoms. The van der Waals surface area contributed by atoms with Gasteiger partial charge in [-0.3, -0.25) is 4.79 Å². The molecule has 168 valence electrons. The molecule has 2 N–H and O–H groups in total. The van der Waals surface area contributed by atoms with Gasteiger partial charge in [0.25, 0.3) is 5.91 Å². The summed E-state index contributed by atoms with van der Waals surface area (Å²) in [5.41, 5.74) is 2.12. The van der Waals surface area contributed by atoms with Crippen molar-refractivity contribution in [3.63, 3.8) is 0 Å². The summed E-state index contributed by atoms with van der Waals surface area (Å²) >= 11 is 25.5. The number of hydrogen-bond donors (Lipinski definition) is 2. The quantitative estimate of drug-likeness (QED) is 0.200. The van der Waals surface area contributed by atoms with Crippen molar-refractivity contribution >= 4 is 74.6 Å². The normalized spacial score (nSPS) is 12.2. The topological polar surface area (TPSA) is 67.4 Å². The summed E-state index contributed by atoms with van der Waals surface area (Å²) in [4.78, 5) is 25.5. The minimum Gasteiger partial charge on any atom is -0.462 e. The number of alkyl halides is 3. The molecular weight excluding hydrogens is 514 g/mol. The molecule has 5 nitrogen and oxygen atoms in total. The van der Waals surface area contributed by atoms with Crippen molar-refractivity contribution in [3.8, 4) is 11.1 Å². The van der Waals surface area contributed by atoms with Gasteiger partial charge in [-0.25, -0.2) is 4.79 Å². The molecule has 1 unspecified atom stereocenters. The second-order valence-electron chi connectivity index (χ2n) is 6.54. The first-order valence-electron chi connectivity index (χ1n) is 9.44. The molecule has 0 radical (unpaired) electrons. The van der Waals surface area contributed by atoms with Gasteiger partial charge in [0.1, 0.15) is 16.7 Å². The Morgan fingerprint density at radius 2 is 1.72 bits per heavy atom. The lowest BCUT2D eigenvalue weighted by molar-refractivity contribution is 0.0529. The summed E-state index contributed by atoms with van der Waals surface area (Å²) in [6.07, 6.45) is -1.15. The molecule has 0 fully saturated rings. The van der Waals surface area contributed by atoms with Gasteiger partial charge in [0.15, 0.2) is 0 Å². The van der Waals surface area contributed by atoms with Crippen LogP contribution in [0.1, 0.15) is 27.6 Å². The van der Waals surface area contributed by atoms with Gasteiger partial charge < -0.3 is 15.4 Å². The molecule has 3 rings (SSSR count). The minimum atomic E-state index is -1.93. The van der Waals surface area contributed by atoms with Crippen LogP contribution in [0, 0.1) is 0 Å². The molecule has 32 heavy (non-hydrogen) atoms. The number of nitrogens with one attached hydrogen (secondary N) is 2. The Morgan fingerprint density at radius 1 is 1.06 bits per heavy atom. The minimum absolute atomic E-state index is 0.198. The van der Waals surface area contributed by atoms with Crippen LogP contribution in [0.4, 0.5) is 5.00 Å². The number of carbonyl (C=O) groups is 2. The molecule has 0 spiro atoms. The predicted molar refractivity (Wildman–Crippen MR) is 132 cm³/mol. The van der Waals surface area contributed by atoms with Crippen molar-refractivity contribution in [1.29, 1.82) is 0 Å². The van der Waals surface area contributed by atoms with Gasteiger partial charge in [-0.15, -0.1) is 11.3 Å². The standard InChI is InChI=1S/C22H18Cl4N2O3S/c1-2-31-20(30)17-16(13-6-4-3-5-7-13)12-32-19(17)28-21(22(24,25)26)27-18(29)14-8-10-15(23)11-9-14/h3-12,21,28H,2H2,1H3,(H,27,29). The number of amides is 1. The maximum atomic E-state index is 12.8. The third-order valence-electron chi connectivity index (χ3n) is 4.34. The molecule has 2 aromatic carbocycles. The van der Waals surface area contributed by atoms with Gasteiger partial charge in [0.2, 0.25) is 3.79 Å². The number of ether oxygens (including phenoxy) is 1. The summed E-state index contributed by atoms with van der Waals surface area (Å²) < 4.78 is 3.32. The van der Waals surface area contributed by atoms with Crippen LogP contribution >= 0.6 is 57.7 Å². The monoisotopic (exact) mass is 530 g/mol. The van der Waals surface area contributed by atoms with Gasteiger partial charge in [-0.05, 0) is 36.8 Å². The van der Waals surface area contributed by atoms with E-state index in [4.69, 9.17) is 51.1 Å². The van der Waals surface area contributed by atoms with Crippen molar-refractivity contribution in [2.45, 2.75) is 16.9 Å². The lowest BCUT2D eigenvalue weighted by Gasteiger charge is -2.27. The number of carbonyl (C=O) groups excluding carboxylic acids is 2. The molecule has 0 bridgehead atoms. The highest BCUT2D eigenvalue weighted by atomic mass is 35.6. The molecular formula is C22H18Cl4N2O3S. The molecule has 0 saturated heterocycles. The highest BCUT2D eigenvalue weighted by Crippen LogP contribution is 2.39. The molecule has 1 amide bonds. The van der Waals surface area contributed by atoms with E-state index in [0.717, 1.165) is 5.56 Å². The van der Waals surface area contributed by atoms with Crippen LogP contribution in [-0.2, 0) is 4.74 Å². The highest BCUT2D eigenvalue weighted by Gasteiger charge is 2.36. The number of thiophene rings is 1. The van der Waals surface area contributed by atoms with Crippen molar-refractivity contribution in [2.75, 3.05) is 11.9 Å². The lowest BCUT2D eigenvalue weighted by atomic mass is 10.0. The molecule has 0 aliphatic carbocycles. The maximum absolute atomic E-state index is 12.8. The zero-order valence-electron chi connectivity index (χ0n) is 16.7. The van der Waals surface area contributed by atoms with Gasteiger partial charge in [0.05, 0.1) is 6.61 Å². The first-order chi connectivity index (χ1) is 15.2. The average Bonchev–Trinajstić information content (AvgIpc) is 3.17. The van der Waals surface area contributed by atoms with E-state index in [1.54, 1.807) is 36.6 Å². The molecule has 0 aliphatic heterocycles. The SMILES string of the molecule is CCOC(=O)c1c(-c2ccccc2)csc1NC(NC(=O)c1ccc(Cl)cc1)C(Cl)(Cl)Cl. The van der Waals surface area contributed by atoms with E-state index in [1.807, 2.05) is 30.3 Å². The number of esters is 1. The zero-order valence-corrected chi connectivity index (χ0v) is 20.5. The predicted octanol–water partition coefficient (Wildman–Crippen LogP) is 6.78. The largest absolute Gasteiger partial charge is 0.462 e. The summed E-state index contributed by atoms with van der Waals surface area (Å²) in [5, 5.41) is 8.34. The van der Waals surface area contributed by atoms with Crippen LogP contribution in [0.25, 0.3) is 11.1 Å². The molecule has 1 heterocycles. The molecule has 1 atom stereocenters. The Morgan fingerprint density at radius 3 is 2.31 bits per heavy atom. The molecule has 0 aliphatic rings. The van der Waals surface area contributed by atoms with Gasteiger partial charge in [-0.2, -0.15) is 0 Å². The second-order valence-corrected chi connectivity index (χ2v) is 10.2. The molecule has 3 aromatic rings. The number of benzene rings is 2. The summed E-state index contributed by atoms with van der Waals surface area (Å²) in [5.74, 6) is -1.01. The third-order valence-corrected chi connectivity index (χ3v) is 6.16. The van der Waals surface area contributed by atoms with Crippen molar-refractivity contribution in [2.24, 2.45) is 0 Å². The average molecular weight is 532 g/mol. The van der Waals surface area contributed by atoms with Crippen LogP contribution < -0.4 is 10.6 Å². The zero-order chi connectivity index (χ0) is 23.3.